The Morgan fingerprint density at radius 1 is 1.07 bits per heavy atom. The molecular formula is C33H50O10. The third kappa shape index (κ3) is 4.96. The van der Waals surface area contributed by atoms with E-state index >= 15 is 0 Å². The molecule has 0 aromatic carbocycles. The standard InChI is InChI=1S/C33H50O10/c1-15(14-41-31-30(40)29(39)28(38)24(13-34)43-31)5-8-22-16(2)26-23(42-22)11-20-19-7-6-17-9-18(35)10-25(37)33(17,4)27(19)21(36)12-32(20,26)3/h6,18-21,23-31,34-40H,1,5,7-14H2,2-4H3/t18-,19+,20?,21-,23+,24-,25-,26+,27?,28-,29+,30-,31-,32+,33-/m0/s1. The van der Waals surface area contributed by atoms with Crippen molar-refractivity contribution >= 4 is 0 Å². The molecule has 3 saturated carbocycles. The lowest BCUT2D eigenvalue weighted by molar-refractivity contribution is -0.299. The van der Waals surface area contributed by atoms with Crippen LogP contribution in [-0.4, -0.2) is 104 Å². The molecule has 0 radical (unpaired) electrons. The summed E-state index contributed by atoms with van der Waals surface area (Å²) < 4.78 is 17.7. The van der Waals surface area contributed by atoms with E-state index in [1.807, 2.05) is 0 Å². The van der Waals surface area contributed by atoms with Crippen molar-refractivity contribution in [2.24, 2.45) is 34.5 Å². The Morgan fingerprint density at radius 3 is 2.53 bits per heavy atom. The van der Waals surface area contributed by atoms with Gasteiger partial charge in [0.15, 0.2) is 6.29 Å². The fraction of sp³-hybridized carbons (Fsp3) is 0.818. The van der Waals surface area contributed by atoms with Gasteiger partial charge in [0.05, 0.1) is 37.3 Å². The van der Waals surface area contributed by atoms with Gasteiger partial charge in [-0.1, -0.05) is 37.6 Å². The van der Waals surface area contributed by atoms with Gasteiger partial charge < -0.3 is 50.0 Å². The highest BCUT2D eigenvalue weighted by atomic mass is 16.7. The minimum absolute atomic E-state index is 0.0392. The maximum absolute atomic E-state index is 11.7. The van der Waals surface area contributed by atoms with Crippen LogP contribution in [0.3, 0.4) is 0 Å². The topological polar surface area (TPSA) is 169 Å². The summed E-state index contributed by atoms with van der Waals surface area (Å²) in [6.45, 7) is 10.2. The van der Waals surface area contributed by atoms with Crippen molar-refractivity contribution in [2.45, 2.75) is 121 Å². The highest BCUT2D eigenvalue weighted by molar-refractivity contribution is 5.32. The van der Waals surface area contributed by atoms with Crippen LogP contribution in [0.2, 0.25) is 0 Å². The van der Waals surface area contributed by atoms with Crippen LogP contribution in [0.5, 0.6) is 0 Å². The van der Waals surface area contributed by atoms with Gasteiger partial charge in [0, 0.05) is 24.2 Å². The Labute approximate surface area is 253 Å². The molecule has 242 valence electrons. The van der Waals surface area contributed by atoms with E-state index < -0.39 is 61.0 Å². The van der Waals surface area contributed by atoms with Crippen LogP contribution in [0, 0.1) is 34.5 Å². The van der Waals surface area contributed by atoms with E-state index in [9.17, 15) is 35.7 Å². The summed E-state index contributed by atoms with van der Waals surface area (Å²) in [6, 6.07) is 0. The van der Waals surface area contributed by atoms with Gasteiger partial charge in [0.1, 0.15) is 30.5 Å². The third-order valence-electron chi connectivity index (χ3n) is 12.3. The fourth-order valence-corrected chi connectivity index (χ4v) is 10.2. The number of allylic oxidation sites excluding steroid dienone is 2. The van der Waals surface area contributed by atoms with Crippen molar-refractivity contribution in [3.8, 4) is 0 Å². The molecule has 10 heteroatoms. The minimum atomic E-state index is -1.49. The molecule has 10 nitrogen and oxygen atoms in total. The second kappa shape index (κ2) is 11.5. The van der Waals surface area contributed by atoms with Gasteiger partial charge in [-0.2, -0.15) is 0 Å². The van der Waals surface area contributed by atoms with Crippen LogP contribution in [0.15, 0.2) is 35.1 Å². The Balaban J connectivity index is 1.10. The lowest BCUT2D eigenvalue weighted by Crippen LogP contribution is -2.60. The molecule has 2 heterocycles. The van der Waals surface area contributed by atoms with Crippen LogP contribution >= 0.6 is 0 Å². The van der Waals surface area contributed by atoms with E-state index in [0.29, 0.717) is 38.0 Å². The number of hydrogen-bond donors (Lipinski definition) is 7. The zero-order valence-electron chi connectivity index (χ0n) is 25.5. The number of aliphatic hydroxyl groups is 7. The average molecular weight is 607 g/mol. The van der Waals surface area contributed by atoms with Crippen molar-refractivity contribution < 1.29 is 50.0 Å². The second-order valence-electron chi connectivity index (χ2n) is 14.7. The van der Waals surface area contributed by atoms with Crippen LogP contribution < -0.4 is 0 Å². The molecule has 1 saturated heterocycles. The van der Waals surface area contributed by atoms with Gasteiger partial charge in [-0.15, -0.1) is 0 Å². The van der Waals surface area contributed by atoms with Crippen LogP contribution in [-0.2, 0) is 14.2 Å². The number of ether oxygens (including phenoxy) is 3. The summed E-state index contributed by atoms with van der Waals surface area (Å²) in [4.78, 5) is 0. The third-order valence-corrected chi connectivity index (χ3v) is 12.3. The molecule has 0 aromatic heterocycles. The lowest BCUT2D eigenvalue weighted by atomic mass is 9.45. The Kier molecular flexibility index (Phi) is 8.44. The molecule has 6 aliphatic rings. The quantitative estimate of drug-likeness (QED) is 0.210. The summed E-state index contributed by atoms with van der Waals surface area (Å²) in [6.07, 6.45) is -1.46. The largest absolute Gasteiger partial charge is 0.494 e. The van der Waals surface area contributed by atoms with Crippen molar-refractivity contribution in [1.82, 2.24) is 0 Å². The summed E-state index contributed by atoms with van der Waals surface area (Å²) in [5, 5.41) is 72.9. The molecule has 15 atom stereocenters. The van der Waals surface area contributed by atoms with Crippen LogP contribution in [0.4, 0.5) is 0 Å². The number of rotatable bonds is 7. The van der Waals surface area contributed by atoms with Gasteiger partial charge in [-0.3, -0.25) is 0 Å². The van der Waals surface area contributed by atoms with Crippen LogP contribution in [0.25, 0.3) is 0 Å². The lowest BCUT2D eigenvalue weighted by Gasteiger charge is -2.60. The molecule has 0 amide bonds. The first kappa shape index (κ1) is 31.6. The maximum Gasteiger partial charge on any atom is 0.187 e. The Morgan fingerprint density at radius 2 is 1.81 bits per heavy atom. The average Bonchev–Trinajstić information content (AvgIpc) is 3.43. The van der Waals surface area contributed by atoms with Crippen molar-refractivity contribution in [2.75, 3.05) is 13.2 Å². The van der Waals surface area contributed by atoms with Gasteiger partial charge in [-0.05, 0) is 67.8 Å². The fourth-order valence-electron chi connectivity index (χ4n) is 10.2. The van der Waals surface area contributed by atoms with Gasteiger partial charge in [-0.25, -0.2) is 0 Å². The molecule has 0 spiro atoms. The maximum atomic E-state index is 11.7. The summed E-state index contributed by atoms with van der Waals surface area (Å²) in [5.41, 5.74) is 2.44. The SMILES string of the molecule is C=C(CCC1=C(C)[C@@H]2[C@@H](CC3[C@H]4CC=C5C[C@H](O)C[C@H](O)[C@@]5(C)C4[C@@H](O)C[C@]32C)O1)CO[C@H]1O[C@@H](CO)[C@H](O)[C@@H](O)[C@@H]1O. The molecule has 2 aliphatic heterocycles. The van der Waals surface area contributed by atoms with Crippen LogP contribution in [0.1, 0.15) is 65.7 Å². The van der Waals surface area contributed by atoms with Gasteiger partial charge >= 0.3 is 0 Å². The normalized spacial score (nSPS) is 50.7. The molecule has 4 fully saturated rings. The summed E-state index contributed by atoms with van der Waals surface area (Å²) in [7, 11) is 0. The monoisotopic (exact) mass is 606 g/mol. The highest BCUT2D eigenvalue weighted by Crippen LogP contribution is 2.69. The molecule has 0 bridgehead atoms. The van der Waals surface area contributed by atoms with Gasteiger partial charge in [0.2, 0.25) is 0 Å². The molecule has 7 N–H and O–H groups in total. The molecule has 6 rings (SSSR count). The summed E-state index contributed by atoms with van der Waals surface area (Å²) in [5.74, 6) is 1.73. The van der Waals surface area contributed by atoms with Crippen molar-refractivity contribution in [1.29, 1.82) is 0 Å². The number of fused-ring (bicyclic) bond motifs is 7. The molecule has 0 aromatic rings. The zero-order valence-corrected chi connectivity index (χ0v) is 25.5. The van der Waals surface area contributed by atoms with E-state index in [0.717, 1.165) is 29.7 Å². The minimum Gasteiger partial charge on any atom is -0.494 e. The smallest absolute Gasteiger partial charge is 0.187 e. The predicted molar refractivity (Wildman–Crippen MR) is 155 cm³/mol. The Hall–Kier alpha value is -1.34. The van der Waals surface area contributed by atoms with E-state index in [1.165, 1.54) is 5.57 Å². The zero-order chi connectivity index (χ0) is 31.0. The highest BCUT2D eigenvalue weighted by Gasteiger charge is 2.67. The Bertz CT molecular complexity index is 1150. The second-order valence-corrected chi connectivity index (χ2v) is 14.7. The first-order valence-electron chi connectivity index (χ1n) is 16.0. The van der Waals surface area contributed by atoms with Crippen molar-refractivity contribution in [3.63, 3.8) is 0 Å². The van der Waals surface area contributed by atoms with E-state index in [2.05, 4.69) is 33.4 Å². The predicted octanol–water partition coefficient (Wildman–Crippen LogP) is 1.30. The number of aliphatic hydroxyl groups excluding tert-OH is 7. The van der Waals surface area contributed by atoms with Gasteiger partial charge in [0.25, 0.3) is 0 Å². The van der Waals surface area contributed by atoms with E-state index in [1.54, 1.807) is 0 Å². The first-order chi connectivity index (χ1) is 20.3. The molecule has 2 unspecified atom stereocenters. The molecule has 4 aliphatic carbocycles. The van der Waals surface area contributed by atoms with E-state index in [4.69, 9.17) is 14.2 Å². The van der Waals surface area contributed by atoms with E-state index in [-0.39, 0.29) is 35.9 Å². The first-order valence-corrected chi connectivity index (χ1v) is 16.0. The molecule has 43 heavy (non-hydrogen) atoms. The number of hydrogen-bond acceptors (Lipinski definition) is 10. The molecular weight excluding hydrogens is 556 g/mol. The van der Waals surface area contributed by atoms with Crippen molar-refractivity contribution in [3.05, 3.63) is 35.1 Å². The summed E-state index contributed by atoms with van der Waals surface area (Å²) >= 11 is 0.